The van der Waals surface area contributed by atoms with E-state index in [0.717, 1.165) is 5.69 Å². The first-order valence-electron chi connectivity index (χ1n) is 22.1. The standard InChI is InChI=1S/C62H37NS/c1-2-19-42-41(18-1)43-20-3-4-22-45(43)47-33-32-39(35-54(47)46-23-6-5-21-44(42)46)62-52-28-9-7-26-50(52)61(51-27-8-10-29-53(51)62)38-16-15-17-40(34-38)63-57-30-13-11-24-48(57)55-36-56-49-25-12-14-31-59(49)64-60(56)37-58(55)63/h1-37H. The number of hydrogen-bond donors (Lipinski definition) is 0. The number of hydrogen-bond acceptors (Lipinski definition) is 1. The van der Waals surface area contributed by atoms with Gasteiger partial charge in [0.05, 0.1) is 11.0 Å². The quantitative estimate of drug-likeness (QED) is 0.156. The van der Waals surface area contributed by atoms with E-state index in [1.54, 1.807) is 0 Å². The lowest BCUT2D eigenvalue weighted by molar-refractivity contribution is 1.18. The van der Waals surface area contributed by atoms with Crippen LogP contribution in [0.1, 0.15) is 0 Å². The molecule has 0 spiro atoms. The Labute approximate surface area is 374 Å². The molecule has 14 rings (SSSR count). The molecule has 64 heavy (non-hydrogen) atoms. The second kappa shape index (κ2) is 13.7. The van der Waals surface area contributed by atoms with Crippen LogP contribution in [0.3, 0.4) is 0 Å². The Bertz CT molecular complexity index is 4020. The highest BCUT2D eigenvalue weighted by atomic mass is 32.1. The highest BCUT2D eigenvalue weighted by molar-refractivity contribution is 7.25. The van der Waals surface area contributed by atoms with Crippen molar-refractivity contribution in [2.75, 3.05) is 0 Å². The van der Waals surface area contributed by atoms with E-state index in [-0.39, 0.29) is 0 Å². The Balaban J connectivity index is 0.997. The smallest absolute Gasteiger partial charge is 0.0555 e. The lowest BCUT2D eigenvalue weighted by atomic mass is 9.79. The van der Waals surface area contributed by atoms with Gasteiger partial charge in [-0.2, -0.15) is 0 Å². The van der Waals surface area contributed by atoms with Gasteiger partial charge in [0.25, 0.3) is 0 Å². The van der Waals surface area contributed by atoms with Gasteiger partial charge in [0.15, 0.2) is 0 Å². The fraction of sp³-hybridized carbons (Fsp3) is 0. The van der Waals surface area contributed by atoms with Gasteiger partial charge in [0.1, 0.15) is 0 Å². The highest BCUT2D eigenvalue weighted by Gasteiger charge is 2.24. The van der Waals surface area contributed by atoms with Gasteiger partial charge in [-0.15, -0.1) is 11.3 Å². The Kier molecular flexibility index (Phi) is 7.63. The molecule has 0 fully saturated rings. The van der Waals surface area contributed by atoms with E-state index in [2.05, 4.69) is 229 Å². The highest BCUT2D eigenvalue weighted by Crippen LogP contribution is 2.51. The van der Waals surface area contributed by atoms with Crippen LogP contribution in [-0.2, 0) is 0 Å². The summed E-state index contributed by atoms with van der Waals surface area (Å²) in [5, 5.41) is 10.2. The van der Waals surface area contributed by atoms with Crippen LogP contribution in [0.4, 0.5) is 0 Å². The van der Waals surface area contributed by atoms with E-state index in [0.29, 0.717) is 0 Å². The van der Waals surface area contributed by atoms with Crippen LogP contribution in [0.5, 0.6) is 0 Å². The molecule has 0 N–H and O–H groups in total. The molecule has 296 valence electrons. The van der Waals surface area contributed by atoms with Crippen LogP contribution < -0.4 is 0 Å². The number of fused-ring (bicyclic) bond motifs is 16. The van der Waals surface area contributed by atoms with Gasteiger partial charge in [0.2, 0.25) is 0 Å². The molecule has 1 aliphatic carbocycles. The van der Waals surface area contributed by atoms with Crippen LogP contribution >= 0.6 is 11.3 Å². The molecule has 0 saturated carbocycles. The maximum absolute atomic E-state index is 2.48. The molecular weight excluding hydrogens is 791 g/mol. The van der Waals surface area contributed by atoms with E-state index in [1.165, 1.54) is 130 Å². The lowest BCUT2D eigenvalue weighted by Gasteiger charge is -2.24. The molecule has 1 aliphatic rings. The molecule has 0 aliphatic heterocycles. The molecule has 2 aromatic heterocycles. The predicted octanol–water partition coefficient (Wildman–Crippen LogP) is 17.8. The molecule has 13 aromatic rings. The zero-order valence-electron chi connectivity index (χ0n) is 34.7. The third-order valence-corrected chi connectivity index (χ3v) is 14.9. The van der Waals surface area contributed by atoms with Gasteiger partial charge in [-0.1, -0.05) is 182 Å². The first kappa shape index (κ1) is 35.5. The topological polar surface area (TPSA) is 4.93 Å². The minimum Gasteiger partial charge on any atom is -0.309 e. The van der Waals surface area contributed by atoms with E-state index < -0.39 is 0 Å². The van der Waals surface area contributed by atoms with Crippen molar-refractivity contribution in [2.45, 2.75) is 0 Å². The minimum atomic E-state index is 1.16. The molecule has 0 unspecified atom stereocenters. The number of benzene rings is 11. The number of para-hydroxylation sites is 1. The van der Waals surface area contributed by atoms with Crippen molar-refractivity contribution in [1.82, 2.24) is 4.57 Å². The van der Waals surface area contributed by atoms with Gasteiger partial charge in [-0.25, -0.2) is 0 Å². The molecule has 2 heteroatoms. The van der Waals surface area contributed by atoms with Crippen LogP contribution in [0.2, 0.25) is 0 Å². The summed E-state index contributed by atoms with van der Waals surface area (Å²) in [5.41, 5.74) is 18.6. The summed E-state index contributed by atoms with van der Waals surface area (Å²) in [6.07, 6.45) is 0. The van der Waals surface area contributed by atoms with Crippen LogP contribution in [0.15, 0.2) is 224 Å². The van der Waals surface area contributed by atoms with E-state index in [1.807, 2.05) is 11.3 Å². The first-order valence-corrected chi connectivity index (χ1v) is 22.9. The van der Waals surface area contributed by atoms with E-state index >= 15 is 0 Å². The van der Waals surface area contributed by atoms with E-state index in [4.69, 9.17) is 0 Å². The minimum absolute atomic E-state index is 1.16. The van der Waals surface area contributed by atoms with Crippen molar-refractivity contribution in [3.63, 3.8) is 0 Å². The molecule has 0 bridgehead atoms. The Hall–Kier alpha value is -8.04. The number of aromatic nitrogens is 1. The third kappa shape index (κ3) is 5.12. The summed E-state index contributed by atoms with van der Waals surface area (Å²) >= 11 is 1.88. The predicted molar refractivity (Wildman–Crippen MR) is 275 cm³/mol. The van der Waals surface area contributed by atoms with E-state index in [9.17, 15) is 0 Å². The fourth-order valence-corrected chi connectivity index (χ4v) is 12.2. The molecule has 0 radical (unpaired) electrons. The fourth-order valence-electron chi connectivity index (χ4n) is 11.0. The van der Waals surface area contributed by atoms with Crippen LogP contribution in [-0.4, -0.2) is 4.57 Å². The molecule has 2 heterocycles. The zero-order chi connectivity index (χ0) is 41.9. The second-order valence-corrected chi connectivity index (χ2v) is 18.2. The molecule has 0 atom stereocenters. The molecule has 1 nitrogen and oxygen atoms in total. The summed E-state index contributed by atoms with van der Waals surface area (Å²) < 4.78 is 5.11. The summed E-state index contributed by atoms with van der Waals surface area (Å²) in [5.74, 6) is 0. The number of thiophene rings is 1. The normalized spacial score (nSPS) is 12.1. The third-order valence-electron chi connectivity index (χ3n) is 13.7. The molecule has 11 aromatic carbocycles. The summed E-state index contributed by atoms with van der Waals surface area (Å²) in [6, 6.07) is 83.7. The number of rotatable bonds is 3. The lowest BCUT2D eigenvalue weighted by Crippen LogP contribution is -1.98. The molecule has 0 saturated heterocycles. The van der Waals surface area contributed by atoms with Crippen molar-refractivity contribution in [3.05, 3.63) is 224 Å². The summed E-state index contributed by atoms with van der Waals surface area (Å²) in [6.45, 7) is 0. The molecule has 0 amide bonds. The number of nitrogens with zero attached hydrogens (tertiary/aromatic N) is 1. The van der Waals surface area contributed by atoms with Crippen molar-refractivity contribution in [2.24, 2.45) is 0 Å². The van der Waals surface area contributed by atoms with Crippen molar-refractivity contribution in [3.8, 4) is 72.4 Å². The monoisotopic (exact) mass is 827 g/mol. The van der Waals surface area contributed by atoms with Gasteiger partial charge in [0, 0.05) is 36.6 Å². The van der Waals surface area contributed by atoms with Crippen LogP contribution in [0.25, 0.3) is 136 Å². The van der Waals surface area contributed by atoms with Gasteiger partial charge in [-0.05, 0) is 131 Å². The van der Waals surface area contributed by atoms with Crippen molar-refractivity contribution < 1.29 is 0 Å². The summed E-state index contributed by atoms with van der Waals surface area (Å²) in [4.78, 5) is 0. The Morgan fingerprint density at radius 1 is 0.250 bits per heavy atom. The SMILES string of the molecule is c1cc(-c2c3ccccc3c(-c3ccc4c(c3)-c3ccccc3-c3ccccc3-c3ccccc3-4)c3ccccc23)cc(-n2c3ccccc3c3cc4c(cc32)sc2ccccc24)c1. The van der Waals surface area contributed by atoms with Gasteiger partial charge < -0.3 is 4.57 Å². The maximum Gasteiger partial charge on any atom is 0.0555 e. The first-order chi connectivity index (χ1) is 31.8. The largest absolute Gasteiger partial charge is 0.309 e. The van der Waals surface area contributed by atoms with Gasteiger partial charge in [-0.3, -0.25) is 0 Å². The maximum atomic E-state index is 2.48. The van der Waals surface area contributed by atoms with Gasteiger partial charge >= 0.3 is 0 Å². The zero-order valence-corrected chi connectivity index (χ0v) is 35.5. The Morgan fingerprint density at radius 3 is 1.31 bits per heavy atom. The van der Waals surface area contributed by atoms with Crippen molar-refractivity contribution in [1.29, 1.82) is 0 Å². The average Bonchev–Trinajstić information content (AvgIpc) is 3.89. The van der Waals surface area contributed by atoms with Crippen molar-refractivity contribution >= 4 is 74.9 Å². The summed E-state index contributed by atoms with van der Waals surface area (Å²) in [7, 11) is 0. The Morgan fingerprint density at radius 2 is 0.719 bits per heavy atom. The van der Waals surface area contributed by atoms with Crippen LogP contribution in [0, 0.1) is 0 Å². The molecular formula is C62H37NS. The second-order valence-electron chi connectivity index (χ2n) is 17.1. The average molecular weight is 828 g/mol.